The highest BCUT2D eigenvalue weighted by Crippen LogP contribution is 2.32. The van der Waals surface area contributed by atoms with Crippen LogP contribution in [0.2, 0.25) is 0 Å². The summed E-state index contributed by atoms with van der Waals surface area (Å²) >= 11 is 1.79. The lowest BCUT2D eigenvalue weighted by atomic mass is 10.0. The van der Waals surface area contributed by atoms with Gasteiger partial charge in [0.25, 0.3) is 0 Å². The molecular weight excluding hydrogens is 336 g/mol. The number of anilines is 1. The minimum atomic E-state index is -0.440. The van der Waals surface area contributed by atoms with Gasteiger partial charge in [-0.05, 0) is 42.5 Å². The van der Waals surface area contributed by atoms with Crippen LogP contribution in [-0.4, -0.2) is 44.0 Å². The van der Waals surface area contributed by atoms with Crippen LogP contribution in [0.5, 0.6) is 0 Å². The Balaban J connectivity index is 1.75. The molecule has 0 fully saturated rings. The number of carbonyl (C=O) groups excluding carboxylic acids is 2. The van der Waals surface area contributed by atoms with Gasteiger partial charge in [-0.1, -0.05) is 12.1 Å². The third-order valence-corrected chi connectivity index (χ3v) is 5.78. The summed E-state index contributed by atoms with van der Waals surface area (Å²) in [5.74, 6) is -0.480. The van der Waals surface area contributed by atoms with E-state index in [-0.39, 0.29) is 11.9 Å². The van der Waals surface area contributed by atoms with Gasteiger partial charge in [0, 0.05) is 24.5 Å². The minimum Gasteiger partial charge on any atom is -0.465 e. The van der Waals surface area contributed by atoms with Gasteiger partial charge in [0.05, 0.1) is 24.9 Å². The number of ether oxygens (including phenoxy) is 1. The molecule has 0 unspecified atom stereocenters. The summed E-state index contributed by atoms with van der Waals surface area (Å²) in [6, 6.07) is 9.39. The monoisotopic (exact) mass is 358 g/mol. The fourth-order valence-electron chi connectivity index (χ4n) is 3.24. The lowest BCUT2D eigenvalue weighted by molar-refractivity contribution is -0.120. The van der Waals surface area contributed by atoms with Crippen molar-refractivity contribution in [3.63, 3.8) is 0 Å². The van der Waals surface area contributed by atoms with Gasteiger partial charge in [0.2, 0.25) is 5.91 Å². The Morgan fingerprint density at radius 3 is 2.84 bits per heavy atom. The number of hydrogen-bond acceptors (Lipinski definition) is 5. The van der Waals surface area contributed by atoms with Crippen molar-refractivity contribution >= 4 is 28.9 Å². The van der Waals surface area contributed by atoms with Crippen molar-refractivity contribution in [1.82, 2.24) is 4.90 Å². The van der Waals surface area contributed by atoms with E-state index in [1.54, 1.807) is 41.5 Å². The van der Waals surface area contributed by atoms with Gasteiger partial charge < -0.3 is 9.64 Å². The summed E-state index contributed by atoms with van der Waals surface area (Å²) in [4.78, 5) is 29.9. The van der Waals surface area contributed by atoms with Gasteiger partial charge in [-0.15, -0.1) is 11.3 Å². The van der Waals surface area contributed by atoms with Crippen LogP contribution < -0.4 is 4.90 Å². The molecule has 5 nitrogen and oxygen atoms in total. The fraction of sp³-hybridized carbons (Fsp3) is 0.368. The van der Waals surface area contributed by atoms with E-state index in [1.807, 2.05) is 6.07 Å². The van der Waals surface area contributed by atoms with Crippen LogP contribution in [0.25, 0.3) is 0 Å². The fourth-order valence-corrected chi connectivity index (χ4v) is 4.20. The molecule has 0 aliphatic carbocycles. The van der Waals surface area contributed by atoms with Crippen molar-refractivity contribution < 1.29 is 14.3 Å². The number of nitrogens with zero attached hydrogens (tertiary/aromatic N) is 2. The van der Waals surface area contributed by atoms with Gasteiger partial charge >= 0.3 is 5.97 Å². The number of hydrogen-bond donors (Lipinski definition) is 0. The predicted octanol–water partition coefficient (Wildman–Crippen LogP) is 3.12. The average Bonchev–Trinajstić information content (AvgIpc) is 3.12. The maximum Gasteiger partial charge on any atom is 0.339 e. The summed E-state index contributed by atoms with van der Waals surface area (Å²) < 4.78 is 4.82. The van der Waals surface area contributed by atoms with Crippen LogP contribution in [0.3, 0.4) is 0 Å². The number of para-hydroxylation sites is 1. The normalized spacial score (nSPS) is 17.0. The zero-order chi connectivity index (χ0) is 18.0. The third kappa shape index (κ3) is 3.45. The van der Waals surface area contributed by atoms with Crippen LogP contribution in [0.4, 0.5) is 5.69 Å². The molecule has 132 valence electrons. The van der Waals surface area contributed by atoms with Crippen molar-refractivity contribution in [2.75, 3.05) is 32.1 Å². The van der Waals surface area contributed by atoms with Gasteiger partial charge in [0.15, 0.2) is 0 Å². The van der Waals surface area contributed by atoms with E-state index >= 15 is 0 Å². The zero-order valence-corrected chi connectivity index (χ0v) is 15.5. The molecule has 0 N–H and O–H groups in total. The van der Waals surface area contributed by atoms with Gasteiger partial charge in [-0.2, -0.15) is 0 Å². The van der Waals surface area contributed by atoms with Gasteiger partial charge in [0.1, 0.15) is 0 Å². The zero-order valence-electron chi connectivity index (χ0n) is 14.7. The number of carbonyl (C=O) groups is 2. The Morgan fingerprint density at radius 2 is 2.08 bits per heavy atom. The Labute approximate surface area is 151 Å². The maximum atomic E-state index is 12.8. The quantitative estimate of drug-likeness (QED) is 0.788. The van der Waals surface area contributed by atoms with E-state index in [4.69, 9.17) is 4.74 Å². The maximum absolute atomic E-state index is 12.8. The number of fused-ring (bicyclic) bond motifs is 1. The Kier molecular flexibility index (Phi) is 5.20. The standard InChI is InChI=1S/C19H22N2O3S/c1-13-14-9-11-25-17(14)8-10-21(13)12-18(22)20(2)16-7-5-4-6-15(16)19(23)24-3/h4-7,9,11,13H,8,10,12H2,1-3H3/t13-/m1/s1. The largest absolute Gasteiger partial charge is 0.465 e. The molecule has 2 aromatic rings. The molecule has 2 heterocycles. The highest BCUT2D eigenvalue weighted by molar-refractivity contribution is 7.10. The molecule has 1 aromatic carbocycles. The second-order valence-electron chi connectivity index (χ2n) is 6.16. The lowest BCUT2D eigenvalue weighted by Crippen LogP contribution is -2.42. The summed E-state index contributed by atoms with van der Waals surface area (Å²) in [7, 11) is 3.05. The highest BCUT2D eigenvalue weighted by Gasteiger charge is 2.28. The van der Waals surface area contributed by atoms with E-state index in [1.165, 1.54) is 17.6 Å². The van der Waals surface area contributed by atoms with Crippen molar-refractivity contribution in [3.8, 4) is 0 Å². The number of likely N-dealkylation sites (N-methyl/N-ethyl adjacent to an activating group) is 1. The molecular formula is C19H22N2O3S. The lowest BCUT2D eigenvalue weighted by Gasteiger charge is -2.34. The van der Waals surface area contributed by atoms with E-state index in [0.29, 0.717) is 17.8 Å². The summed E-state index contributed by atoms with van der Waals surface area (Å²) in [5, 5.41) is 2.12. The third-order valence-electron chi connectivity index (χ3n) is 4.79. The van der Waals surface area contributed by atoms with Gasteiger partial charge in [-0.25, -0.2) is 4.79 Å². The number of methoxy groups -OCH3 is 1. The second kappa shape index (κ2) is 7.37. The van der Waals surface area contributed by atoms with Crippen molar-refractivity contribution in [1.29, 1.82) is 0 Å². The van der Waals surface area contributed by atoms with Crippen molar-refractivity contribution in [3.05, 3.63) is 51.7 Å². The van der Waals surface area contributed by atoms with Crippen LogP contribution in [0.1, 0.15) is 33.8 Å². The smallest absolute Gasteiger partial charge is 0.339 e. The first-order valence-electron chi connectivity index (χ1n) is 8.27. The number of thiophene rings is 1. The summed E-state index contributed by atoms with van der Waals surface area (Å²) in [6.45, 7) is 3.33. The average molecular weight is 358 g/mol. The molecule has 1 aliphatic rings. The second-order valence-corrected chi connectivity index (χ2v) is 7.16. The summed E-state index contributed by atoms with van der Waals surface area (Å²) in [5.41, 5.74) is 2.29. The number of amides is 1. The van der Waals surface area contributed by atoms with Crippen LogP contribution in [0.15, 0.2) is 35.7 Å². The number of benzene rings is 1. The molecule has 0 saturated heterocycles. The van der Waals surface area contributed by atoms with Crippen molar-refractivity contribution in [2.24, 2.45) is 0 Å². The first-order chi connectivity index (χ1) is 12.0. The molecule has 1 amide bonds. The molecule has 1 aliphatic heterocycles. The highest BCUT2D eigenvalue weighted by atomic mass is 32.1. The van der Waals surface area contributed by atoms with Crippen LogP contribution in [-0.2, 0) is 16.0 Å². The van der Waals surface area contributed by atoms with E-state index < -0.39 is 5.97 Å². The molecule has 1 atom stereocenters. The first-order valence-corrected chi connectivity index (χ1v) is 9.15. The number of rotatable bonds is 4. The Hall–Kier alpha value is -2.18. The predicted molar refractivity (Wildman–Crippen MR) is 99.2 cm³/mol. The Morgan fingerprint density at radius 1 is 1.32 bits per heavy atom. The summed E-state index contributed by atoms with van der Waals surface area (Å²) in [6.07, 6.45) is 0.979. The topological polar surface area (TPSA) is 49.9 Å². The van der Waals surface area contributed by atoms with Crippen LogP contribution in [0, 0.1) is 0 Å². The number of esters is 1. The molecule has 0 saturated carbocycles. The molecule has 0 radical (unpaired) electrons. The van der Waals surface area contributed by atoms with E-state index in [0.717, 1.165) is 13.0 Å². The molecule has 0 spiro atoms. The minimum absolute atomic E-state index is 0.0399. The van der Waals surface area contributed by atoms with Crippen LogP contribution >= 0.6 is 11.3 Å². The molecule has 0 bridgehead atoms. The van der Waals surface area contributed by atoms with E-state index in [2.05, 4.69) is 23.3 Å². The van der Waals surface area contributed by atoms with Crippen molar-refractivity contribution in [2.45, 2.75) is 19.4 Å². The molecule has 3 rings (SSSR count). The SMILES string of the molecule is COC(=O)c1ccccc1N(C)C(=O)CN1CCc2sccc2[C@H]1C. The Bertz CT molecular complexity index is 786. The molecule has 6 heteroatoms. The van der Waals surface area contributed by atoms with Gasteiger partial charge in [-0.3, -0.25) is 9.69 Å². The molecule has 25 heavy (non-hydrogen) atoms. The molecule has 1 aromatic heterocycles. The first kappa shape index (κ1) is 17.6. The van der Waals surface area contributed by atoms with E-state index in [9.17, 15) is 9.59 Å².